The first-order valence-electron chi connectivity index (χ1n) is 15.5. The Morgan fingerprint density at radius 2 is 1.83 bits per heavy atom. The summed E-state index contributed by atoms with van der Waals surface area (Å²) in [5.74, 6) is -1.00. The highest BCUT2D eigenvalue weighted by molar-refractivity contribution is 7.80. The van der Waals surface area contributed by atoms with Gasteiger partial charge in [0.15, 0.2) is 5.82 Å². The summed E-state index contributed by atoms with van der Waals surface area (Å²) in [7, 11) is 0. The summed E-state index contributed by atoms with van der Waals surface area (Å²) in [4.78, 5) is 51.6. The van der Waals surface area contributed by atoms with Crippen LogP contribution in [-0.2, 0) is 14.3 Å². The zero-order chi connectivity index (χ0) is 30.9. The van der Waals surface area contributed by atoms with Crippen LogP contribution >= 0.6 is 12.6 Å². The monoisotopic (exact) mass is 602 g/mol. The lowest BCUT2D eigenvalue weighted by Crippen LogP contribution is -2.57. The number of H-pyrrole nitrogens is 1. The van der Waals surface area contributed by atoms with Crippen LogP contribution in [0.4, 0.5) is 4.79 Å². The van der Waals surface area contributed by atoms with Crippen molar-refractivity contribution in [3.8, 4) is 0 Å². The van der Waals surface area contributed by atoms with E-state index in [0.29, 0.717) is 18.5 Å². The summed E-state index contributed by atoms with van der Waals surface area (Å²) in [5, 5.41) is -0.141. The molecule has 234 valence electrons. The van der Waals surface area contributed by atoms with Crippen molar-refractivity contribution in [2.45, 2.75) is 116 Å². The highest BCUT2D eigenvalue weighted by Gasteiger charge is 2.41. The summed E-state index contributed by atoms with van der Waals surface area (Å²) in [5.41, 5.74) is 0.759. The van der Waals surface area contributed by atoms with E-state index < -0.39 is 23.7 Å². The van der Waals surface area contributed by atoms with Crippen molar-refractivity contribution in [1.82, 2.24) is 19.8 Å². The molecule has 0 radical (unpaired) electrons. The molecular formula is C32H50N4O5S. The number of rotatable bonds is 13. The Bertz CT molecular complexity index is 1140. The van der Waals surface area contributed by atoms with Crippen molar-refractivity contribution < 1.29 is 23.9 Å². The number of imidazole rings is 1. The Hall–Kier alpha value is -2.75. The number of amides is 2. The average molecular weight is 603 g/mol. The number of carbonyl (C=O) groups excluding carboxylic acids is 3. The number of fused-ring (bicyclic) bond motifs is 1. The first-order chi connectivity index (χ1) is 19.9. The van der Waals surface area contributed by atoms with Crippen molar-refractivity contribution in [1.29, 1.82) is 0 Å². The fourth-order valence-electron chi connectivity index (χ4n) is 5.40. The number of unbranched alkanes of at least 4 members (excludes halogenated alkanes) is 4. The maximum atomic E-state index is 13.9. The summed E-state index contributed by atoms with van der Waals surface area (Å²) >= 11 is 4.59. The number of piperidine rings is 1. The lowest BCUT2D eigenvalue weighted by Gasteiger charge is -2.42. The molecule has 10 heteroatoms. The molecule has 9 nitrogen and oxygen atoms in total. The van der Waals surface area contributed by atoms with Gasteiger partial charge in [-0.3, -0.25) is 9.59 Å². The molecule has 1 aromatic carbocycles. The van der Waals surface area contributed by atoms with Crippen LogP contribution in [0.15, 0.2) is 24.3 Å². The van der Waals surface area contributed by atoms with Crippen molar-refractivity contribution >= 4 is 41.6 Å². The van der Waals surface area contributed by atoms with Gasteiger partial charge in [0.25, 0.3) is 5.91 Å². The maximum Gasteiger partial charge on any atom is 0.410 e. The largest absolute Gasteiger partial charge is 0.462 e. The van der Waals surface area contributed by atoms with Crippen LogP contribution in [0.1, 0.15) is 104 Å². The second-order valence-corrected chi connectivity index (χ2v) is 13.4. The lowest BCUT2D eigenvalue weighted by molar-refractivity contribution is -0.157. The van der Waals surface area contributed by atoms with Crippen molar-refractivity contribution in [3.05, 3.63) is 30.1 Å². The molecule has 0 aliphatic carbocycles. The highest BCUT2D eigenvalue weighted by Crippen LogP contribution is 2.27. The third-order valence-corrected chi connectivity index (χ3v) is 7.70. The smallest absolute Gasteiger partial charge is 0.410 e. The van der Waals surface area contributed by atoms with Crippen molar-refractivity contribution in [3.63, 3.8) is 0 Å². The van der Waals surface area contributed by atoms with Crippen LogP contribution in [0.25, 0.3) is 11.0 Å². The van der Waals surface area contributed by atoms with Crippen molar-refractivity contribution in [2.24, 2.45) is 5.92 Å². The minimum atomic E-state index is -0.700. The minimum Gasteiger partial charge on any atom is -0.462 e. The van der Waals surface area contributed by atoms with Crippen LogP contribution in [0, 0.1) is 5.92 Å². The molecule has 0 spiro atoms. The van der Waals surface area contributed by atoms with Crippen LogP contribution in [0.5, 0.6) is 0 Å². The fourth-order valence-corrected chi connectivity index (χ4v) is 5.58. The number of nitrogens with one attached hydrogen (secondary N) is 1. The van der Waals surface area contributed by atoms with E-state index in [-0.39, 0.29) is 42.1 Å². The second-order valence-electron chi connectivity index (χ2n) is 12.6. The molecule has 1 N–H and O–H groups in total. The molecule has 0 bridgehead atoms. The molecule has 3 rings (SSSR count). The van der Waals surface area contributed by atoms with E-state index >= 15 is 0 Å². The third kappa shape index (κ3) is 9.92. The SMILES string of the molecule is CCCCCCCC(CC)OC(=O)[C@@H]1C[C@H](N(CC(C)S)C(=O)c2nc3ccccc3[nH]2)CN(C(=O)OC(C)(C)C)C1. The number of hydrogen-bond acceptors (Lipinski definition) is 7. The minimum absolute atomic E-state index is 0.141. The molecule has 0 saturated carbocycles. The number of nitrogens with zero attached hydrogens (tertiary/aromatic N) is 3. The van der Waals surface area contributed by atoms with Gasteiger partial charge in [0.1, 0.15) is 11.7 Å². The topological polar surface area (TPSA) is 105 Å². The van der Waals surface area contributed by atoms with E-state index in [0.717, 1.165) is 31.2 Å². The van der Waals surface area contributed by atoms with Gasteiger partial charge in [-0.05, 0) is 58.6 Å². The Kier molecular flexibility index (Phi) is 12.6. The Morgan fingerprint density at radius 1 is 1.12 bits per heavy atom. The predicted molar refractivity (Wildman–Crippen MR) is 169 cm³/mol. The van der Waals surface area contributed by atoms with Crippen LogP contribution in [0.3, 0.4) is 0 Å². The third-order valence-electron chi connectivity index (χ3n) is 7.54. The van der Waals surface area contributed by atoms with Gasteiger partial charge in [-0.25, -0.2) is 9.78 Å². The number of carbonyl (C=O) groups is 3. The highest BCUT2D eigenvalue weighted by atomic mass is 32.1. The van der Waals surface area contributed by atoms with Crippen LogP contribution < -0.4 is 0 Å². The Labute approximate surface area is 256 Å². The second kappa shape index (κ2) is 15.6. The van der Waals surface area contributed by atoms with E-state index in [4.69, 9.17) is 9.47 Å². The van der Waals surface area contributed by atoms with E-state index in [1.807, 2.05) is 58.9 Å². The molecule has 2 amide bonds. The number of aromatic amines is 1. The Morgan fingerprint density at radius 3 is 2.48 bits per heavy atom. The average Bonchev–Trinajstić information content (AvgIpc) is 3.38. The van der Waals surface area contributed by atoms with Gasteiger partial charge in [0.05, 0.1) is 23.0 Å². The van der Waals surface area contributed by atoms with Gasteiger partial charge in [-0.15, -0.1) is 0 Å². The molecule has 1 aliphatic heterocycles. The number of para-hydroxylation sites is 2. The number of esters is 1. The van der Waals surface area contributed by atoms with E-state index in [1.165, 1.54) is 19.3 Å². The van der Waals surface area contributed by atoms with Gasteiger partial charge < -0.3 is 24.3 Å². The summed E-state index contributed by atoms with van der Waals surface area (Å²) in [6.07, 6.45) is 6.99. The summed E-state index contributed by atoms with van der Waals surface area (Å²) in [6, 6.07) is 7.02. The molecule has 1 saturated heterocycles. The normalized spacial score (nSPS) is 18.9. The summed E-state index contributed by atoms with van der Waals surface area (Å²) in [6.45, 7) is 12.3. The lowest BCUT2D eigenvalue weighted by atomic mass is 9.92. The number of likely N-dealkylation sites (tertiary alicyclic amines) is 1. The van der Waals surface area contributed by atoms with E-state index in [9.17, 15) is 14.4 Å². The molecular weight excluding hydrogens is 552 g/mol. The molecule has 1 aliphatic rings. The Balaban J connectivity index is 1.83. The number of aromatic nitrogens is 2. The van der Waals surface area contributed by atoms with Crippen LogP contribution in [-0.4, -0.2) is 80.4 Å². The number of thiol groups is 1. The van der Waals surface area contributed by atoms with Gasteiger partial charge in [0, 0.05) is 24.9 Å². The molecule has 1 fully saturated rings. The predicted octanol–water partition coefficient (Wildman–Crippen LogP) is 6.63. The zero-order valence-electron chi connectivity index (χ0n) is 26.2. The number of ether oxygens (including phenoxy) is 2. The fraction of sp³-hybridized carbons (Fsp3) is 0.688. The first-order valence-corrected chi connectivity index (χ1v) is 16.1. The molecule has 4 atom stereocenters. The number of hydrogen-bond donors (Lipinski definition) is 2. The maximum absolute atomic E-state index is 13.9. The zero-order valence-corrected chi connectivity index (χ0v) is 27.1. The van der Waals surface area contributed by atoms with Crippen LogP contribution in [0.2, 0.25) is 0 Å². The van der Waals surface area contributed by atoms with E-state index in [2.05, 4.69) is 29.5 Å². The van der Waals surface area contributed by atoms with Gasteiger partial charge in [0.2, 0.25) is 0 Å². The van der Waals surface area contributed by atoms with E-state index in [1.54, 1.807) is 9.80 Å². The number of benzene rings is 1. The van der Waals surface area contributed by atoms with Crippen molar-refractivity contribution in [2.75, 3.05) is 19.6 Å². The molecule has 1 aromatic heterocycles. The molecule has 2 unspecified atom stereocenters. The van der Waals surface area contributed by atoms with Gasteiger partial charge in [-0.2, -0.15) is 12.6 Å². The quantitative estimate of drug-likeness (QED) is 0.151. The molecule has 42 heavy (non-hydrogen) atoms. The molecule has 2 aromatic rings. The van der Waals surface area contributed by atoms with Gasteiger partial charge in [-0.1, -0.05) is 58.6 Å². The first kappa shape index (κ1) is 33.7. The summed E-state index contributed by atoms with van der Waals surface area (Å²) < 4.78 is 11.7. The standard InChI is InChI=1S/C32H50N4O5S/c1-7-9-10-11-12-15-25(8-2)40-30(38)23-18-24(21-35(20-23)31(39)41-32(4,5)6)36(19-22(3)42)29(37)28-33-26-16-13-14-17-27(26)34-28/h13-14,16-17,22-25,42H,7-12,15,18-21H2,1-6H3,(H,33,34)/t22?,23-,24+,25?/m1/s1. The molecule has 2 heterocycles. The van der Waals surface area contributed by atoms with Gasteiger partial charge >= 0.3 is 12.1 Å².